The molecular formula is C32H61N3O2. The first-order chi connectivity index (χ1) is 18.2. The molecule has 0 saturated heterocycles. The fourth-order valence-corrected chi connectivity index (χ4v) is 6.03. The highest BCUT2D eigenvalue weighted by Crippen LogP contribution is 2.33. The molecular weight excluding hydrogens is 458 g/mol. The molecule has 1 saturated carbocycles. The maximum atomic E-state index is 12.9. The second-order valence-electron chi connectivity index (χ2n) is 11.8. The Morgan fingerprint density at radius 1 is 0.703 bits per heavy atom. The topological polar surface area (TPSA) is 61.3 Å². The molecule has 0 aliphatic heterocycles. The summed E-state index contributed by atoms with van der Waals surface area (Å²) in [6.07, 6.45) is 29.5. The van der Waals surface area contributed by atoms with Gasteiger partial charge < -0.3 is 10.1 Å². The fraction of sp³-hybridized carbons (Fsp3) is 0.906. The zero-order chi connectivity index (χ0) is 26.6. The van der Waals surface area contributed by atoms with E-state index in [1.165, 1.54) is 135 Å². The van der Waals surface area contributed by atoms with Crippen LogP contribution in [0.25, 0.3) is 0 Å². The molecule has 0 spiro atoms. The lowest BCUT2D eigenvalue weighted by atomic mass is 9.89. The zero-order valence-electron chi connectivity index (χ0n) is 24.7. The van der Waals surface area contributed by atoms with Crippen molar-refractivity contribution < 1.29 is 5.11 Å². The molecule has 0 amide bonds. The molecule has 5 heteroatoms. The lowest BCUT2D eigenvalue weighted by Gasteiger charge is -2.23. The number of nitrogens with one attached hydrogen (secondary N) is 1. The molecule has 1 heterocycles. The third kappa shape index (κ3) is 13.4. The summed E-state index contributed by atoms with van der Waals surface area (Å²) >= 11 is 0. The third-order valence-electron chi connectivity index (χ3n) is 8.49. The van der Waals surface area contributed by atoms with Crippen molar-refractivity contribution in [1.82, 2.24) is 14.5 Å². The van der Waals surface area contributed by atoms with Crippen LogP contribution in [0.15, 0.2) is 4.79 Å². The van der Waals surface area contributed by atoms with E-state index in [4.69, 9.17) is 0 Å². The van der Waals surface area contributed by atoms with Gasteiger partial charge in [0.1, 0.15) is 0 Å². The molecule has 1 aliphatic carbocycles. The van der Waals surface area contributed by atoms with E-state index < -0.39 is 0 Å². The summed E-state index contributed by atoms with van der Waals surface area (Å²) < 4.78 is 1.61. The summed E-state index contributed by atoms with van der Waals surface area (Å²) in [5, 5.41) is 11.1. The molecule has 1 aliphatic rings. The van der Waals surface area contributed by atoms with E-state index in [9.17, 15) is 9.90 Å². The quantitative estimate of drug-likeness (QED) is 0.159. The molecule has 37 heavy (non-hydrogen) atoms. The Balaban J connectivity index is 1.88. The van der Waals surface area contributed by atoms with Gasteiger partial charge in [-0.2, -0.15) is 0 Å². The number of hydrogen-bond donors (Lipinski definition) is 2. The van der Waals surface area contributed by atoms with Crippen LogP contribution in [-0.2, 0) is 6.67 Å². The minimum atomic E-state index is -0.133. The van der Waals surface area contributed by atoms with Gasteiger partial charge in [-0.15, -0.1) is 0 Å². The maximum Gasteiger partial charge on any atom is 0.329 e. The molecule has 0 atom stereocenters. The van der Waals surface area contributed by atoms with E-state index in [0.717, 1.165) is 31.6 Å². The van der Waals surface area contributed by atoms with Crippen LogP contribution in [0.2, 0.25) is 0 Å². The molecule has 5 nitrogen and oxygen atoms in total. The van der Waals surface area contributed by atoms with Crippen molar-refractivity contribution in [2.45, 2.75) is 174 Å². The molecule has 0 unspecified atom stereocenters. The summed E-state index contributed by atoms with van der Waals surface area (Å²) in [7, 11) is 0. The van der Waals surface area contributed by atoms with Gasteiger partial charge in [0.25, 0.3) is 0 Å². The van der Waals surface area contributed by atoms with Gasteiger partial charge in [-0.05, 0) is 38.8 Å². The number of imidazole rings is 1. The molecule has 216 valence electrons. The van der Waals surface area contributed by atoms with Crippen LogP contribution in [-0.4, -0.2) is 32.6 Å². The molecule has 0 aromatic carbocycles. The van der Waals surface area contributed by atoms with Gasteiger partial charge in [-0.25, -0.2) is 9.36 Å². The van der Waals surface area contributed by atoms with E-state index in [-0.39, 0.29) is 11.6 Å². The fourth-order valence-electron chi connectivity index (χ4n) is 6.03. The van der Waals surface area contributed by atoms with Crippen LogP contribution in [0.5, 0.6) is 5.88 Å². The molecule has 1 aromatic rings. The van der Waals surface area contributed by atoms with Crippen molar-refractivity contribution in [3.63, 3.8) is 0 Å². The Morgan fingerprint density at radius 2 is 1.14 bits per heavy atom. The largest absolute Gasteiger partial charge is 0.493 e. The zero-order valence-corrected chi connectivity index (χ0v) is 24.7. The summed E-state index contributed by atoms with van der Waals surface area (Å²) in [5.41, 5.74) is 0.664. The first-order valence-electron chi connectivity index (χ1n) is 16.4. The maximum absolute atomic E-state index is 12.9. The van der Waals surface area contributed by atoms with Gasteiger partial charge in [0.15, 0.2) is 0 Å². The highest BCUT2D eigenvalue weighted by atomic mass is 16.3. The van der Waals surface area contributed by atoms with E-state index >= 15 is 0 Å². The highest BCUT2D eigenvalue weighted by molar-refractivity contribution is 5.23. The van der Waals surface area contributed by atoms with Gasteiger partial charge in [-0.3, -0.25) is 4.90 Å². The molecule has 2 rings (SSSR count). The molecule has 1 fully saturated rings. The number of aromatic hydroxyl groups is 1. The van der Waals surface area contributed by atoms with Crippen molar-refractivity contribution in [1.29, 1.82) is 0 Å². The Hall–Kier alpha value is -1.23. The lowest BCUT2D eigenvalue weighted by molar-refractivity contribution is 0.195. The Labute approximate surface area is 228 Å². The Kier molecular flexibility index (Phi) is 17.9. The van der Waals surface area contributed by atoms with Crippen LogP contribution < -0.4 is 5.69 Å². The van der Waals surface area contributed by atoms with E-state index in [0.29, 0.717) is 12.6 Å². The predicted octanol–water partition coefficient (Wildman–Crippen LogP) is 9.25. The first-order valence-corrected chi connectivity index (χ1v) is 16.4. The molecule has 0 bridgehead atoms. The summed E-state index contributed by atoms with van der Waals surface area (Å²) in [5.74, 6) is 0.496. The van der Waals surface area contributed by atoms with E-state index in [2.05, 4.69) is 23.7 Å². The number of hydrogen-bond acceptors (Lipinski definition) is 3. The minimum Gasteiger partial charge on any atom is -0.493 e. The van der Waals surface area contributed by atoms with Crippen molar-refractivity contribution >= 4 is 0 Å². The third-order valence-corrected chi connectivity index (χ3v) is 8.49. The highest BCUT2D eigenvalue weighted by Gasteiger charge is 2.23. The predicted molar refractivity (Wildman–Crippen MR) is 159 cm³/mol. The lowest BCUT2D eigenvalue weighted by Crippen LogP contribution is -2.32. The number of rotatable bonds is 21. The normalized spacial score (nSPS) is 15.3. The monoisotopic (exact) mass is 519 g/mol. The summed E-state index contributed by atoms with van der Waals surface area (Å²) in [6, 6.07) is 0. The van der Waals surface area contributed by atoms with Gasteiger partial charge in [0.05, 0.1) is 12.4 Å². The van der Waals surface area contributed by atoms with Crippen molar-refractivity contribution in [2.75, 3.05) is 13.1 Å². The SMILES string of the molecule is CCCCCCCCCCN(CCCCCCCCCC)Cn1c(O)c(C2CCCCCCC2)[nH]c1=O. The van der Waals surface area contributed by atoms with Crippen LogP contribution in [0.1, 0.15) is 173 Å². The smallest absolute Gasteiger partial charge is 0.329 e. The van der Waals surface area contributed by atoms with Gasteiger partial charge in [0.2, 0.25) is 5.88 Å². The molecule has 1 aromatic heterocycles. The molecule has 2 N–H and O–H groups in total. The second-order valence-corrected chi connectivity index (χ2v) is 11.8. The van der Waals surface area contributed by atoms with Crippen LogP contribution >= 0.6 is 0 Å². The number of aromatic nitrogens is 2. The van der Waals surface area contributed by atoms with Crippen LogP contribution in [0.3, 0.4) is 0 Å². The van der Waals surface area contributed by atoms with Crippen molar-refractivity contribution in [3.05, 3.63) is 16.2 Å². The summed E-state index contributed by atoms with van der Waals surface area (Å²) in [4.78, 5) is 18.4. The minimum absolute atomic E-state index is 0.133. The van der Waals surface area contributed by atoms with E-state index in [1.54, 1.807) is 4.57 Å². The van der Waals surface area contributed by atoms with Crippen molar-refractivity contribution in [2.24, 2.45) is 0 Å². The van der Waals surface area contributed by atoms with Crippen LogP contribution in [0.4, 0.5) is 0 Å². The number of H-pyrrole nitrogens is 1. The number of unbranched alkanes of at least 4 members (excludes halogenated alkanes) is 14. The standard InChI is InChI=1S/C32H61N3O2/c1-3-5-7-9-11-13-18-22-26-34(27-23-19-14-12-10-8-6-4-2)28-35-31(36)30(33-32(35)37)29-24-20-16-15-17-21-25-29/h29,36H,3-28H2,1-2H3,(H,33,37). The number of nitrogens with zero attached hydrogens (tertiary/aromatic N) is 2. The van der Waals surface area contributed by atoms with Gasteiger partial charge in [0, 0.05) is 5.92 Å². The van der Waals surface area contributed by atoms with Gasteiger partial charge >= 0.3 is 5.69 Å². The summed E-state index contributed by atoms with van der Waals surface area (Å²) in [6.45, 7) is 7.09. The van der Waals surface area contributed by atoms with Crippen molar-refractivity contribution in [3.8, 4) is 5.88 Å². The Bertz CT molecular complexity index is 698. The first kappa shape index (κ1) is 32.0. The number of aromatic amines is 1. The average Bonchev–Trinajstić information content (AvgIpc) is 3.15. The van der Waals surface area contributed by atoms with Gasteiger partial charge in [-0.1, -0.05) is 136 Å². The molecule has 0 radical (unpaired) electrons. The average molecular weight is 520 g/mol. The van der Waals surface area contributed by atoms with Crippen LogP contribution in [0, 0.1) is 0 Å². The van der Waals surface area contributed by atoms with E-state index in [1.807, 2.05) is 0 Å². The second kappa shape index (κ2) is 20.7. The Morgan fingerprint density at radius 3 is 1.62 bits per heavy atom.